The molecule has 0 aliphatic heterocycles. The van der Waals surface area contributed by atoms with Crippen LogP contribution in [0.4, 0.5) is 0 Å². The molecule has 0 radical (unpaired) electrons. The second-order valence-electron chi connectivity index (χ2n) is 3.80. The van der Waals surface area contributed by atoms with Crippen LogP contribution in [-0.2, 0) is 23.6 Å². The van der Waals surface area contributed by atoms with Crippen molar-refractivity contribution in [3.63, 3.8) is 0 Å². The van der Waals surface area contributed by atoms with E-state index in [1.54, 1.807) is 12.1 Å². The molecule has 0 fully saturated rings. The van der Waals surface area contributed by atoms with Crippen LogP contribution in [0, 0.1) is 0 Å². The lowest BCUT2D eigenvalue weighted by Gasteiger charge is -2.07. The molecule has 0 saturated heterocycles. The Balaban J connectivity index is 2.19. The van der Waals surface area contributed by atoms with Gasteiger partial charge >= 0.3 is 0 Å². The van der Waals surface area contributed by atoms with E-state index in [9.17, 15) is 13.5 Å². The summed E-state index contributed by atoms with van der Waals surface area (Å²) in [5, 5.41) is 16.5. The number of hydrogen-bond acceptors (Lipinski definition) is 5. The molecule has 1 heterocycles. The van der Waals surface area contributed by atoms with Crippen LogP contribution < -0.4 is 4.72 Å². The monoisotopic (exact) mass is 346 g/mol. The van der Waals surface area contributed by atoms with E-state index in [2.05, 4.69) is 31.0 Å². The van der Waals surface area contributed by atoms with E-state index in [0.717, 1.165) is 4.68 Å². The summed E-state index contributed by atoms with van der Waals surface area (Å²) in [7, 11) is -2.24. The Bertz CT molecular complexity index is 679. The molecule has 2 aromatic rings. The van der Waals surface area contributed by atoms with Crippen LogP contribution >= 0.6 is 15.9 Å². The normalized spacial score (nSPS) is 11.7. The topological polar surface area (TPSA) is 97.1 Å². The number of aryl methyl sites for hydroxylation is 1. The minimum Gasteiger partial charge on any atom is -0.508 e. The van der Waals surface area contributed by atoms with Gasteiger partial charge in [-0.2, -0.15) is 0 Å². The van der Waals surface area contributed by atoms with E-state index in [1.165, 1.54) is 19.2 Å². The highest BCUT2D eigenvalue weighted by molar-refractivity contribution is 9.10. The summed E-state index contributed by atoms with van der Waals surface area (Å²) >= 11 is 3.04. The van der Waals surface area contributed by atoms with Gasteiger partial charge in [-0.1, -0.05) is 17.3 Å². The molecule has 2 N–H and O–H groups in total. The number of phenols is 1. The fourth-order valence-corrected chi connectivity index (χ4v) is 3.63. The molecule has 102 valence electrons. The number of nitrogens with zero attached hydrogens (tertiary/aromatic N) is 3. The second-order valence-corrected chi connectivity index (χ2v) is 6.24. The highest BCUT2D eigenvalue weighted by Gasteiger charge is 2.23. The Hall–Kier alpha value is -1.45. The molecule has 0 unspecified atom stereocenters. The average Bonchev–Trinajstić information content (AvgIpc) is 2.67. The van der Waals surface area contributed by atoms with Crippen LogP contribution in [0.15, 0.2) is 33.9 Å². The number of sulfonamides is 1. The molecule has 0 spiro atoms. The predicted molar refractivity (Wildman–Crippen MR) is 70.8 cm³/mol. The minimum atomic E-state index is -3.73. The number of aromatic hydroxyl groups is 1. The van der Waals surface area contributed by atoms with E-state index in [4.69, 9.17) is 0 Å². The summed E-state index contributed by atoms with van der Waals surface area (Å²) in [4.78, 5) is 0. The molecule has 9 heteroatoms. The fourth-order valence-electron chi connectivity index (χ4n) is 1.52. The number of nitrogens with one attached hydrogen (secondary N) is 1. The van der Waals surface area contributed by atoms with Crippen molar-refractivity contribution in [1.82, 2.24) is 19.7 Å². The lowest BCUT2D eigenvalue weighted by molar-refractivity contribution is 0.474. The van der Waals surface area contributed by atoms with E-state index in [1.807, 2.05) is 0 Å². The van der Waals surface area contributed by atoms with Crippen molar-refractivity contribution in [2.75, 3.05) is 0 Å². The van der Waals surface area contributed by atoms with Crippen LogP contribution in [-0.4, -0.2) is 28.5 Å². The summed E-state index contributed by atoms with van der Waals surface area (Å²) in [5.74, 6) is 0.0834. The van der Waals surface area contributed by atoms with Gasteiger partial charge in [0.1, 0.15) is 5.75 Å². The van der Waals surface area contributed by atoms with Crippen LogP contribution in [0.25, 0.3) is 0 Å². The van der Waals surface area contributed by atoms with Crippen molar-refractivity contribution in [2.24, 2.45) is 7.05 Å². The summed E-state index contributed by atoms with van der Waals surface area (Å²) in [6, 6.07) is 6.35. The van der Waals surface area contributed by atoms with Crippen molar-refractivity contribution >= 4 is 26.0 Å². The van der Waals surface area contributed by atoms with Crippen molar-refractivity contribution in [3.05, 3.63) is 34.4 Å². The van der Waals surface area contributed by atoms with Crippen molar-refractivity contribution in [2.45, 2.75) is 11.6 Å². The molecule has 0 bridgehead atoms. The third-order valence-corrected chi connectivity index (χ3v) is 4.66. The summed E-state index contributed by atoms with van der Waals surface area (Å²) < 4.78 is 27.9. The predicted octanol–water partition coefficient (Wildman–Crippen LogP) is 0.762. The summed E-state index contributed by atoms with van der Waals surface area (Å²) in [6.45, 7) is 0.0638. The third kappa shape index (κ3) is 3.11. The zero-order chi connectivity index (χ0) is 14.0. The number of rotatable bonds is 4. The zero-order valence-electron chi connectivity index (χ0n) is 9.91. The molecule has 0 aliphatic carbocycles. The largest absolute Gasteiger partial charge is 0.508 e. The van der Waals surface area contributed by atoms with Crippen LogP contribution in [0.2, 0.25) is 0 Å². The Morgan fingerprint density at radius 2 is 2.21 bits per heavy atom. The number of aromatic nitrogens is 3. The molecular weight excluding hydrogens is 336 g/mol. The SMILES string of the molecule is Cn1nnc(Br)c1S(=O)(=O)NCc1cccc(O)c1. The standard InChI is InChI=1S/C10H11BrN4O3S/c1-15-10(9(11)13-14-15)19(17,18)12-6-7-3-2-4-8(16)5-7/h2-5,12,16H,6H2,1H3. The quantitative estimate of drug-likeness (QED) is 0.851. The highest BCUT2D eigenvalue weighted by Crippen LogP contribution is 2.18. The second kappa shape index (κ2) is 5.27. The van der Waals surface area contributed by atoms with E-state index >= 15 is 0 Å². The molecular formula is C10H11BrN4O3S. The van der Waals surface area contributed by atoms with Gasteiger partial charge in [0.05, 0.1) is 0 Å². The summed E-state index contributed by atoms with van der Waals surface area (Å²) in [5.41, 5.74) is 0.648. The number of halogens is 1. The lowest BCUT2D eigenvalue weighted by atomic mass is 10.2. The van der Waals surface area contributed by atoms with E-state index in [0.29, 0.717) is 5.56 Å². The summed E-state index contributed by atoms with van der Waals surface area (Å²) in [6.07, 6.45) is 0. The molecule has 0 amide bonds. The van der Waals surface area contributed by atoms with Crippen LogP contribution in [0.1, 0.15) is 5.56 Å². The lowest BCUT2D eigenvalue weighted by Crippen LogP contribution is -2.25. The van der Waals surface area contributed by atoms with Crippen molar-refractivity contribution in [1.29, 1.82) is 0 Å². The fraction of sp³-hybridized carbons (Fsp3) is 0.200. The van der Waals surface area contributed by atoms with Crippen molar-refractivity contribution in [3.8, 4) is 5.75 Å². The first kappa shape index (κ1) is 14.0. The van der Waals surface area contributed by atoms with Gasteiger partial charge in [-0.05, 0) is 33.6 Å². The number of phenolic OH excluding ortho intramolecular Hbond substituents is 1. The highest BCUT2D eigenvalue weighted by atomic mass is 79.9. The Morgan fingerprint density at radius 3 is 2.79 bits per heavy atom. The van der Waals surface area contributed by atoms with Crippen molar-refractivity contribution < 1.29 is 13.5 Å². The smallest absolute Gasteiger partial charge is 0.260 e. The van der Waals surface area contributed by atoms with Crippen LogP contribution in [0.5, 0.6) is 5.75 Å². The molecule has 0 atom stereocenters. The van der Waals surface area contributed by atoms with Gasteiger partial charge in [-0.15, -0.1) is 5.10 Å². The maximum absolute atomic E-state index is 12.1. The molecule has 1 aromatic carbocycles. The molecule has 7 nitrogen and oxygen atoms in total. The molecule has 0 aliphatic rings. The van der Waals surface area contributed by atoms with Gasteiger partial charge in [0.2, 0.25) is 5.03 Å². The van der Waals surface area contributed by atoms with Gasteiger partial charge in [-0.3, -0.25) is 0 Å². The molecule has 0 saturated carbocycles. The Morgan fingerprint density at radius 1 is 1.47 bits per heavy atom. The van der Waals surface area contributed by atoms with Gasteiger partial charge in [0, 0.05) is 13.6 Å². The van der Waals surface area contributed by atoms with Gasteiger partial charge in [0.15, 0.2) is 4.60 Å². The van der Waals surface area contributed by atoms with Crippen LogP contribution in [0.3, 0.4) is 0 Å². The third-order valence-electron chi connectivity index (χ3n) is 2.37. The molecule has 2 rings (SSSR count). The average molecular weight is 347 g/mol. The first-order valence-corrected chi connectivity index (χ1v) is 7.50. The van der Waals surface area contributed by atoms with E-state index < -0.39 is 10.0 Å². The van der Waals surface area contributed by atoms with Gasteiger partial charge in [-0.25, -0.2) is 17.8 Å². The number of benzene rings is 1. The first-order chi connectivity index (χ1) is 8.90. The minimum absolute atomic E-state index is 0.0485. The maximum atomic E-state index is 12.1. The first-order valence-electron chi connectivity index (χ1n) is 5.23. The zero-order valence-corrected chi connectivity index (χ0v) is 12.3. The van der Waals surface area contributed by atoms with Gasteiger partial charge < -0.3 is 5.11 Å². The number of hydrogen-bond donors (Lipinski definition) is 2. The van der Waals surface area contributed by atoms with Gasteiger partial charge in [0.25, 0.3) is 10.0 Å². The van der Waals surface area contributed by atoms with E-state index in [-0.39, 0.29) is 21.9 Å². The molecule has 1 aromatic heterocycles. The Kier molecular flexibility index (Phi) is 3.88. The Labute approximate surface area is 118 Å². The maximum Gasteiger partial charge on any atom is 0.260 e. The molecule has 19 heavy (non-hydrogen) atoms.